The zero-order chi connectivity index (χ0) is 9.07. The van der Waals surface area contributed by atoms with Crippen LogP contribution in [-0.4, -0.2) is 20.8 Å². The molecule has 0 amide bonds. The molecule has 64 valence electrons. The summed E-state index contributed by atoms with van der Waals surface area (Å²) in [6, 6.07) is 0. The SMILES string of the molecule is C#CC(OS(C)(=O)=O)C(C)C. The fourth-order valence-corrected chi connectivity index (χ4v) is 1.17. The van der Waals surface area contributed by atoms with E-state index in [2.05, 4.69) is 10.1 Å². The third kappa shape index (κ3) is 4.82. The van der Waals surface area contributed by atoms with Crippen molar-refractivity contribution in [1.82, 2.24) is 0 Å². The topological polar surface area (TPSA) is 43.4 Å². The fourth-order valence-electron chi connectivity index (χ4n) is 0.520. The van der Waals surface area contributed by atoms with Gasteiger partial charge in [-0.15, -0.1) is 6.42 Å². The fraction of sp³-hybridized carbons (Fsp3) is 0.714. The maximum atomic E-state index is 10.6. The van der Waals surface area contributed by atoms with Gasteiger partial charge in [0.1, 0.15) is 6.10 Å². The van der Waals surface area contributed by atoms with Gasteiger partial charge in [0.25, 0.3) is 10.1 Å². The quantitative estimate of drug-likeness (QED) is 0.467. The van der Waals surface area contributed by atoms with Crippen molar-refractivity contribution >= 4 is 10.1 Å². The van der Waals surface area contributed by atoms with Crippen LogP contribution < -0.4 is 0 Å². The van der Waals surface area contributed by atoms with Gasteiger partial charge in [0.05, 0.1) is 6.26 Å². The van der Waals surface area contributed by atoms with Gasteiger partial charge < -0.3 is 0 Å². The highest BCUT2D eigenvalue weighted by molar-refractivity contribution is 7.86. The first-order chi connectivity index (χ1) is 4.87. The molecule has 0 radical (unpaired) electrons. The zero-order valence-electron chi connectivity index (χ0n) is 6.87. The van der Waals surface area contributed by atoms with E-state index in [1.165, 1.54) is 0 Å². The molecule has 0 saturated carbocycles. The molecule has 11 heavy (non-hydrogen) atoms. The summed E-state index contributed by atoms with van der Waals surface area (Å²) in [6.45, 7) is 3.60. The lowest BCUT2D eigenvalue weighted by atomic mass is 10.1. The molecule has 1 atom stereocenters. The highest BCUT2D eigenvalue weighted by Gasteiger charge is 2.15. The van der Waals surface area contributed by atoms with E-state index in [0.29, 0.717) is 0 Å². The second kappa shape index (κ2) is 3.74. The number of hydrogen-bond acceptors (Lipinski definition) is 3. The average molecular weight is 176 g/mol. The van der Waals surface area contributed by atoms with E-state index < -0.39 is 16.2 Å². The second-order valence-electron chi connectivity index (χ2n) is 2.63. The van der Waals surface area contributed by atoms with Gasteiger partial charge in [0.15, 0.2) is 0 Å². The summed E-state index contributed by atoms with van der Waals surface area (Å²) in [5, 5.41) is 0. The van der Waals surface area contributed by atoms with E-state index in [1.54, 1.807) is 13.8 Å². The van der Waals surface area contributed by atoms with Crippen molar-refractivity contribution in [3.63, 3.8) is 0 Å². The van der Waals surface area contributed by atoms with Crippen molar-refractivity contribution in [2.45, 2.75) is 20.0 Å². The Kier molecular flexibility index (Phi) is 3.56. The van der Waals surface area contributed by atoms with Gasteiger partial charge in [-0.1, -0.05) is 19.8 Å². The van der Waals surface area contributed by atoms with Crippen LogP contribution >= 0.6 is 0 Å². The molecule has 0 heterocycles. The van der Waals surface area contributed by atoms with Gasteiger partial charge in [0.2, 0.25) is 0 Å². The smallest absolute Gasteiger partial charge is 0.254 e. The first kappa shape index (κ1) is 10.5. The van der Waals surface area contributed by atoms with E-state index in [9.17, 15) is 8.42 Å². The van der Waals surface area contributed by atoms with Crippen molar-refractivity contribution in [2.75, 3.05) is 6.26 Å². The molecule has 3 nitrogen and oxygen atoms in total. The van der Waals surface area contributed by atoms with Crippen molar-refractivity contribution in [2.24, 2.45) is 5.92 Å². The third-order valence-corrected chi connectivity index (χ3v) is 1.61. The van der Waals surface area contributed by atoms with Crippen LogP contribution in [0, 0.1) is 18.3 Å². The first-order valence-electron chi connectivity index (χ1n) is 3.21. The molecule has 1 unspecified atom stereocenters. The lowest BCUT2D eigenvalue weighted by Crippen LogP contribution is -2.21. The summed E-state index contributed by atoms with van der Waals surface area (Å²) in [6.07, 6.45) is 5.38. The van der Waals surface area contributed by atoms with E-state index in [-0.39, 0.29) is 5.92 Å². The normalized spacial score (nSPS) is 14.5. The van der Waals surface area contributed by atoms with Crippen molar-refractivity contribution < 1.29 is 12.6 Å². The molecule has 0 rings (SSSR count). The molecule has 0 saturated heterocycles. The minimum Gasteiger partial charge on any atom is -0.254 e. The van der Waals surface area contributed by atoms with Crippen molar-refractivity contribution in [3.8, 4) is 12.3 Å². The van der Waals surface area contributed by atoms with E-state index in [4.69, 9.17) is 6.42 Å². The van der Waals surface area contributed by atoms with Crippen LogP contribution in [0.2, 0.25) is 0 Å². The Labute approximate surface area is 67.9 Å². The zero-order valence-corrected chi connectivity index (χ0v) is 7.68. The lowest BCUT2D eigenvalue weighted by Gasteiger charge is -2.12. The summed E-state index contributed by atoms with van der Waals surface area (Å²) in [5.74, 6) is 2.27. The standard InChI is InChI=1S/C7H12O3S/c1-5-7(6(2)3)10-11(4,8)9/h1,6-7H,2-4H3. The predicted molar refractivity (Wildman–Crippen MR) is 43.4 cm³/mol. The van der Waals surface area contributed by atoms with Crippen molar-refractivity contribution in [3.05, 3.63) is 0 Å². The first-order valence-corrected chi connectivity index (χ1v) is 5.03. The van der Waals surface area contributed by atoms with E-state index >= 15 is 0 Å². The Balaban J connectivity index is 4.26. The van der Waals surface area contributed by atoms with Crippen LogP contribution in [0.3, 0.4) is 0 Å². The number of rotatable bonds is 3. The summed E-state index contributed by atoms with van der Waals surface area (Å²) < 4.78 is 25.8. The van der Waals surface area contributed by atoms with Crippen LogP contribution in [0.25, 0.3) is 0 Å². The average Bonchev–Trinajstić information content (AvgIpc) is 1.80. The Morgan fingerprint density at radius 2 is 1.91 bits per heavy atom. The Morgan fingerprint density at radius 1 is 1.45 bits per heavy atom. The minimum atomic E-state index is -3.42. The molecule has 0 aliphatic carbocycles. The molecular weight excluding hydrogens is 164 g/mol. The van der Waals surface area contributed by atoms with Crippen molar-refractivity contribution in [1.29, 1.82) is 0 Å². The molecular formula is C7H12O3S. The third-order valence-electron chi connectivity index (χ3n) is 1.05. The Hall–Kier alpha value is -0.530. The van der Waals surface area contributed by atoms with Crippen LogP contribution in [0.1, 0.15) is 13.8 Å². The minimum absolute atomic E-state index is 0.00900. The summed E-state index contributed by atoms with van der Waals surface area (Å²) in [7, 11) is -3.42. The molecule has 0 aliphatic rings. The molecule has 0 aromatic heterocycles. The molecule has 0 spiro atoms. The highest BCUT2D eigenvalue weighted by Crippen LogP contribution is 2.07. The molecule has 4 heteroatoms. The molecule has 0 aromatic carbocycles. The largest absolute Gasteiger partial charge is 0.265 e. The predicted octanol–water partition coefficient (Wildman–Crippen LogP) is 0.620. The Morgan fingerprint density at radius 3 is 2.00 bits per heavy atom. The summed E-state index contributed by atoms with van der Waals surface area (Å²) in [4.78, 5) is 0. The van der Waals surface area contributed by atoms with Gasteiger partial charge in [-0.3, -0.25) is 4.18 Å². The number of hydrogen-bond donors (Lipinski definition) is 0. The number of terminal acetylenes is 1. The monoisotopic (exact) mass is 176 g/mol. The van der Waals surface area contributed by atoms with Crippen LogP contribution in [0.4, 0.5) is 0 Å². The second-order valence-corrected chi connectivity index (χ2v) is 4.23. The van der Waals surface area contributed by atoms with Crippen LogP contribution in [0.5, 0.6) is 0 Å². The van der Waals surface area contributed by atoms with Crippen LogP contribution in [0.15, 0.2) is 0 Å². The molecule has 0 aliphatic heterocycles. The lowest BCUT2D eigenvalue weighted by molar-refractivity contribution is 0.216. The highest BCUT2D eigenvalue weighted by atomic mass is 32.2. The molecule has 0 fully saturated rings. The summed E-state index contributed by atoms with van der Waals surface area (Å²) in [5.41, 5.74) is 0. The van der Waals surface area contributed by atoms with Gasteiger partial charge in [-0.25, -0.2) is 0 Å². The molecule has 0 aromatic rings. The summed E-state index contributed by atoms with van der Waals surface area (Å²) >= 11 is 0. The Bertz CT molecular complexity index is 245. The van der Waals surface area contributed by atoms with Gasteiger partial charge in [-0.2, -0.15) is 8.42 Å². The molecule has 0 bridgehead atoms. The van der Waals surface area contributed by atoms with E-state index in [0.717, 1.165) is 6.26 Å². The van der Waals surface area contributed by atoms with Crippen LogP contribution in [-0.2, 0) is 14.3 Å². The maximum Gasteiger partial charge on any atom is 0.265 e. The van der Waals surface area contributed by atoms with E-state index in [1.807, 2.05) is 0 Å². The van der Waals surface area contributed by atoms with Gasteiger partial charge in [-0.05, 0) is 5.92 Å². The molecule has 0 N–H and O–H groups in total. The van der Waals surface area contributed by atoms with Gasteiger partial charge >= 0.3 is 0 Å². The van der Waals surface area contributed by atoms with Gasteiger partial charge in [0, 0.05) is 0 Å². The maximum absolute atomic E-state index is 10.6.